The Morgan fingerprint density at radius 3 is 2.80 bits per heavy atom. The van der Waals surface area contributed by atoms with Crippen molar-refractivity contribution >= 4 is 22.7 Å². The second-order valence-corrected chi connectivity index (χ2v) is 5.78. The minimum absolute atomic E-state index is 0.470. The van der Waals surface area contributed by atoms with E-state index in [1.165, 1.54) is 5.39 Å². The predicted molar refractivity (Wildman–Crippen MR) is 81.9 cm³/mol. The molecule has 0 aliphatic heterocycles. The number of H-pyrrole nitrogens is 1. The first-order valence-electron chi connectivity index (χ1n) is 6.66. The summed E-state index contributed by atoms with van der Waals surface area (Å²) in [6.45, 7) is 1.94. The number of fused-ring (bicyclic) bond motifs is 1. The summed E-state index contributed by atoms with van der Waals surface area (Å²) in [6.07, 6.45) is 2.02. The number of aliphatic hydroxyl groups is 1. The maximum absolute atomic E-state index is 9.73. The van der Waals surface area contributed by atoms with Crippen molar-refractivity contribution < 1.29 is 5.11 Å². The van der Waals surface area contributed by atoms with Crippen molar-refractivity contribution in [3.8, 4) is 0 Å². The molecule has 2 N–H and O–H groups in total. The van der Waals surface area contributed by atoms with E-state index in [-0.39, 0.29) is 0 Å². The summed E-state index contributed by atoms with van der Waals surface area (Å²) in [6, 6.07) is 14.2. The number of rotatable bonds is 4. The number of hydrogen-bond acceptors (Lipinski definition) is 3. The fraction of sp³-hybridized carbons (Fsp3) is 0.188. The number of aromatic amines is 1. The van der Waals surface area contributed by atoms with Crippen LogP contribution >= 0.6 is 11.8 Å². The smallest absolute Gasteiger partial charge is 0.0957 e. The maximum Gasteiger partial charge on any atom is 0.0957 e. The van der Waals surface area contributed by atoms with Gasteiger partial charge in [-0.05, 0) is 30.7 Å². The summed E-state index contributed by atoms with van der Waals surface area (Å²) >= 11 is 1.64. The van der Waals surface area contributed by atoms with Gasteiger partial charge in [-0.3, -0.25) is 4.98 Å². The van der Waals surface area contributed by atoms with Gasteiger partial charge in [-0.2, -0.15) is 0 Å². The van der Waals surface area contributed by atoms with Crippen LogP contribution < -0.4 is 0 Å². The number of aliphatic hydroxyl groups excluding tert-OH is 1. The Morgan fingerprint density at radius 2 is 2.10 bits per heavy atom. The molecule has 0 aliphatic carbocycles. The lowest BCUT2D eigenvalue weighted by atomic mass is 10.2. The van der Waals surface area contributed by atoms with E-state index in [4.69, 9.17) is 0 Å². The number of para-hydroxylation sites is 1. The van der Waals surface area contributed by atoms with Crippen molar-refractivity contribution in [1.82, 2.24) is 9.97 Å². The third-order valence-corrected chi connectivity index (χ3v) is 4.14. The Labute approximate surface area is 122 Å². The van der Waals surface area contributed by atoms with Crippen LogP contribution in [0.15, 0.2) is 58.6 Å². The van der Waals surface area contributed by atoms with Gasteiger partial charge in [-0.25, -0.2) is 0 Å². The highest BCUT2D eigenvalue weighted by molar-refractivity contribution is 7.99. The lowest BCUT2D eigenvalue weighted by Crippen LogP contribution is -1.97. The van der Waals surface area contributed by atoms with Crippen molar-refractivity contribution in [2.24, 2.45) is 0 Å². The molecule has 2 heterocycles. The third-order valence-electron chi connectivity index (χ3n) is 3.22. The number of benzene rings is 1. The van der Waals surface area contributed by atoms with Crippen LogP contribution in [0.3, 0.4) is 0 Å². The van der Waals surface area contributed by atoms with Crippen LogP contribution in [-0.2, 0) is 0 Å². The molecule has 1 unspecified atom stereocenters. The highest BCUT2D eigenvalue weighted by atomic mass is 32.2. The van der Waals surface area contributed by atoms with Crippen molar-refractivity contribution in [3.63, 3.8) is 0 Å². The molecule has 0 spiro atoms. The minimum Gasteiger partial charge on any atom is -0.387 e. The van der Waals surface area contributed by atoms with Gasteiger partial charge in [-0.15, -0.1) is 0 Å². The highest BCUT2D eigenvalue weighted by Crippen LogP contribution is 2.29. The van der Waals surface area contributed by atoms with Crippen molar-refractivity contribution in [2.75, 3.05) is 0 Å². The van der Waals surface area contributed by atoms with Crippen molar-refractivity contribution in [2.45, 2.75) is 29.4 Å². The molecule has 20 heavy (non-hydrogen) atoms. The number of nitrogens with zero attached hydrogens (tertiary/aromatic N) is 1. The normalized spacial score (nSPS) is 12.7. The standard InChI is InChI=1S/C16H16N2OS/c1-2-15(19)14-8-7-12(10-17-14)20-16-9-11-5-3-4-6-13(11)18-16/h3-10,15,18-19H,2H2,1H3. The van der Waals surface area contributed by atoms with Crippen LogP contribution in [-0.4, -0.2) is 15.1 Å². The lowest BCUT2D eigenvalue weighted by Gasteiger charge is -2.07. The molecule has 0 saturated heterocycles. The van der Waals surface area contributed by atoms with Crippen molar-refractivity contribution in [1.29, 1.82) is 0 Å². The molecule has 0 saturated carbocycles. The first-order valence-corrected chi connectivity index (χ1v) is 7.47. The Balaban J connectivity index is 1.80. The van der Waals surface area contributed by atoms with Crippen LogP contribution in [0.1, 0.15) is 25.1 Å². The first-order chi connectivity index (χ1) is 9.76. The molecule has 3 aromatic rings. The van der Waals surface area contributed by atoms with Gasteiger partial charge in [0, 0.05) is 22.0 Å². The second kappa shape index (κ2) is 5.69. The summed E-state index contributed by atoms with van der Waals surface area (Å²) < 4.78 is 0. The molecule has 2 aromatic heterocycles. The topological polar surface area (TPSA) is 48.9 Å². The summed E-state index contributed by atoms with van der Waals surface area (Å²) in [5, 5.41) is 12.0. The molecule has 1 atom stereocenters. The molecule has 3 rings (SSSR count). The van der Waals surface area contributed by atoms with Gasteiger partial charge in [-0.1, -0.05) is 36.9 Å². The molecular formula is C16H16N2OS. The average molecular weight is 284 g/mol. The van der Waals surface area contributed by atoms with Crippen LogP contribution in [0.5, 0.6) is 0 Å². The zero-order valence-electron chi connectivity index (χ0n) is 11.2. The molecule has 3 nitrogen and oxygen atoms in total. The Kier molecular flexibility index (Phi) is 3.76. The van der Waals surface area contributed by atoms with E-state index < -0.39 is 6.10 Å². The van der Waals surface area contributed by atoms with Crippen LogP contribution in [0.4, 0.5) is 0 Å². The zero-order chi connectivity index (χ0) is 13.9. The highest BCUT2D eigenvalue weighted by Gasteiger charge is 2.07. The monoisotopic (exact) mass is 284 g/mol. The van der Waals surface area contributed by atoms with Gasteiger partial charge in [0.1, 0.15) is 0 Å². The van der Waals surface area contributed by atoms with E-state index in [1.807, 2.05) is 37.4 Å². The number of pyridine rings is 1. The molecule has 102 valence electrons. The van der Waals surface area contributed by atoms with Gasteiger partial charge < -0.3 is 10.1 Å². The molecule has 0 bridgehead atoms. The Bertz CT molecular complexity index is 673. The molecule has 0 radical (unpaired) electrons. The number of aromatic nitrogens is 2. The molecule has 1 aromatic carbocycles. The van der Waals surface area contributed by atoms with Gasteiger partial charge in [0.25, 0.3) is 0 Å². The van der Waals surface area contributed by atoms with E-state index in [0.29, 0.717) is 6.42 Å². The van der Waals surface area contributed by atoms with Crippen LogP contribution in [0, 0.1) is 0 Å². The minimum atomic E-state index is -0.470. The van der Waals surface area contributed by atoms with E-state index >= 15 is 0 Å². The maximum atomic E-state index is 9.73. The number of hydrogen-bond donors (Lipinski definition) is 2. The summed E-state index contributed by atoms with van der Waals surface area (Å²) in [5.74, 6) is 0. The number of nitrogens with one attached hydrogen (secondary N) is 1. The van der Waals surface area contributed by atoms with Crippen LogP contribution in [0.25, 0.3) is 10.9 Å². The molecule has 0 fully saturated rings. The first kappa shape index (κ1) is 13.2. The van der Waals surface area contributed by atoms with Crippen molar-refractivity contribution in [3.05, 3.63) is 54.4 Å². The SMILES string of the molecule is CCC(O)c1ccc(Sc2cc3ccccc3[nH]2)cn1. The fourth-order valence-electron chi connectivity index (χ4n) is 2.09. The van der Waals surface area contributed by atoms with E-state index in [9.17, 15) is 5.11 Å². The van der Waals surface area contributed by atoms with Gasteiger partial charge in [0.2, 0.25) is 0 Å². The van der Waals surface area contributed by atoms with Gasteiger partial charge in [0.05, 0.1) is 16.8 Å². The molecule has 4 heteroatoms. The van der Waals surface area contributed by atoms with Gasteiger partial charge in [0.15, 0.2) is 0 Å². The Morgan fingerprint density at radius 1 is 1.25 bits per heavy atom. The largest absolute Gasteiger partial charge is 0.387 e. The molecular weight excluding hydrogens is 268 g/mol. The quantitative estimate of drug-likeness (QED) is 0.756. The third kappa shape index (κ3) is 2.71. The Hall–Kier alpha value is -1.78. The van der Waals surface area contributed by atoms with E-state index in [1.54, 1.807) is 11.8 Å². The lowest BCUT2D eigenvalue weighted by molar-refractivity contribution is 0.169. The zero-order valence-corrected chi connectivity index (χ0v) is 12.0. The average Bonchev–Trinajstić information content (AvgIpc) is 2.89. The summed E-state index contributed by atoms with van der Waals surface area (Å²) in [5.41, 5.74) is 1.87. The second-order valence-electron chi connectivity index (χ2n) is 4.67. The van der Waals surface area contributed by atoms with Gasteiger partial charge >= 0.3 is 0 Å². The predicted octanol–water partition coefficient (Wildman–Crippen LogP) is 4.16. The van der Waals surface area contributed by atoms with Crippen LogP contribution in [0.2, 0.25) is 0 Å². The summed E-state index contributed by atoms with van der Waals surface area (Å²) in [7, 11) is 0. The van der Waals surface area contributed by atoms with E-state index in [0.717, 1.165) is 21.1 Å². The fourth-order valence-corrected chi connectivity index (χ4v) is 2.93. The summed E-state index contributed by atoms with van der Waals surface area (Å²) in [4.78, 5) is 8.75. The molecule has 0 aliphatic rings. The molecule has 0 amide bonds. The van der Waals surface area contributed by atoms with E-state index in [2.05, 4.69) is 28.2 Å².